The standard InChI is InChI=1S/C6H8N8O2/c1-4-5(12-16-14(4)15)2-8-10-6-11-9-3-13(6)7/h2-3H,7H2,1H3,(H,10,11)/b8-2+. The van der Waals surface area contributed by atoms with Crippen molar-refractivity contribution in [1.82, 2.24) is 20.0 Å². The molecule has 0 radical (unpaired) electrons. The predicted molar refractivity (Wildman–Crippen MR) is 51.6 cm³/mol. The van der Waals surface area contributed by atoms with E-state index in [4.69, 9.17) is 5.84 Å². The summed E-state index contributed by atoms with van der Waals surface area (Å²) in [7, 11) is 0. The first-order valence-electron chi connectivity index (χ1n) is 4.19. The molecule has 0 aliphatic rings. The average molecular weight is 224 g/mol. The minimum Gasteiger partial charge on any atom is -0.359 e. The topological polar surface area (TPSA) is 134 Å². The van der Waals surface area contributed by atoms with Gasteiger partial charge in [-0.15, -0.1) is 10.2 Å². The van der Waals surface area contributed by atoms with Crippen LogP contribution in [0.3, 0.4) is 0 Å². The molecule has 0 spiro atoms. The van der Waals surface area contributed by atoms with Crippen LogP contribution in [0.2, 0.25) is 0 Å². The minimum absolute atomic E-state index is 0.257. The van der Waals surface area contributed by atoms with Crippen LogP contribution in [0.25, 0.3) is 0 Å². The van der Waals surface area contributed by atoms with Crippen molar-refractivity contribution >= 4 is 12.2 Å². The number of nitrogens with one attached hydrogen (secondary N) is 1. The number of hydrogen-bond acceptors (Lipinski definition) is 8. The summed E-state index contributed by atoms with van der Waals surface area (Å²) in [6.07, 6.45) is 2.62. The monoisotopic (exact) mass is 224 g/mol. The second kappa shape index (κ2) is 3.84. The highest BCUT2D eigenvalue weighted by atomic mass is 16.8. The van der Waals surface area contributed by atoms with E-state index in [-0.39, 0.29) is 10.9 Å². The summed E-state index contributed by atoms with van der Waals surface area (Å²) >= 11 is 0. The zero-order valence-corrected chi connectivity index (χ0v) is 8.23. The lowest BCUT2D eigenvalue weighted by atomic mass is 10.4. The van der Waals surface area contributed by atoms with Crippen LogP contribution in [0, 0.1) is 12.1 Å². The van der Waals surface area contributed by atoms with Gasteiger partial charge in [0, 0.05) is 12.1 Å². The van der Waals surface area contributed by atoms with Gasteiger partial charge in [-0.25, -0.2) is 10.1 Å². The van der Waals surface area contributed by atoms with Crippen molar-refractivity contribution in [2.75, 3.05) is 11.3 Å². The summed E-state index contributed by atoms with van der Waals surface area (Å²) in [6.45, 7) is 1.55. The van der Waals surface area contributed by atoms with Gasteiger partial charge in [0.05, 0.1) is 0 Å². The second-order valence-corrected chi connectivity index (χ2v) is 2.83. The molecule has 3 N–H and O–H groups in total. The molecule has 2 aromatic heterocycles. The maximum absolute atomic E-state index is 10.8. The molecule has 2 rings (SSSR count). The quantitative estimate of drug-likeness (QED) is 0.276. The summed E-state index contributed by atoms with van der Waals surface area (Å²) < 4.78 is 5.49. The van der Waals surface area contributed by atoms with Gasteiger partial charge in [0.2, 0.25) is 5.69 Å². The van der Waals surface area contributed by atoms with Crippen molar-refractivity contribution in [1.29, 1.82) is 0 Å². The Bertz CT molecular complexity index is 514. The van der Waals surface area contributed by atoms with E-state index < -0.39 is 0 Å². The molecule has 2 heterocycles. The molecule has 0 amide bonds. The lowest BCUT2D eigenvalue weighted by Crippen LogP contribution is -2.26. The molecular weight excluding hydrogens is 216 g/mol. The molecule has 0 unspecified atom stereocenters. The Morgan fingerprint density at radius 3 is 3.12 bits per heavy atom. The second-order valence-electron chi connectivity index (χ2n) is 2.83. The highest BCUT2D eigenvalue weighted by molar-refractivity contribution is 5.77. The molecule has 0 fully saturated rings. The molecule has 0 aliphatic heterocycles. The van der Waals surface area contributed by atoms with Crippen LogP contribution < -0.4 is 16.2 Å². The van der Waals surface area contributed by atoms with Gasteiger partial charge in [-0.2, -0.15) is 5.10 Å². The van der Waals surface area contributed by atoms with Gasteiger partial charge in [-0.1, -0.05) is 0 Å². The smallest absolute Gasteiger partial charge is 0.263 e. The number of nitrogens with zero attached hydrogens (tertiary/aromatic N) is 6. The van der Waals surface area contributed by atoms with Crippen molar-refractivity contribution in [3.8, 4) is 0 Å². The molecule has 84 valence electrons. The molecule has 16 heavy (non-hydrogen) atoms. The van der Waals surface area contributed by atoms with Crippen molar-refractivity contribution in [2.24, 2.45) is 5.10 Å². The molecular formula is C6H8N8O2. The zero-order valence-electron chi connectivity index (χ0n) is 8.23. The predicted octanol–water partition coefficient (Wildman–Crippen LogP) is -1.63. The number of nitrogen functional groups attached to an aromatic ring is 1. The molecule has 0 aliphatic carbocycles. The minimum atomic E-state index is 0.257. The van der Waals surface area contributed by atoms with Crippen LogP contribution in [0.5, 0.6) is 0 Å². The van der Waals surface area contributed by atoms with Gasteiger partial charge >= 0.3 is 0 Å². The summed E-state index contributed by atoms with van der Waals surface area (Å²) in [5.41, 5.74) is 3.13. The van der Waals surface area contributed by atoms with Crippen LogP contribution in [-0.4, -0.2) is 26.2 Å². The van der Waals surface area contributed by atoms with E-state index in [9.17, 15) is 5.21 Å². The summed E-state index contributed by atoms with van der Waals surface area (Å²) in [6, 6.07) is 0. The first kappa shape index (κ1) is 9.89. The van der Waals surface area contributed by atoms with E-state index in [0.717, 1.165) is 4.68 Å². The van der Waals surface area contributed by atoms with E-state index in [2.05, 4.69) is 30.5 Å². The number of anilines is 1. The van der Waals surface area contributed by atoms with E-state index in [1.807, 2.05) is 0 Å². The van der Waals surface area contributed by atoms with Gasteiger partial charge in [0.25, 0.3) is 11.6 Å². The lowest BCUT2D eigenvalue weighted by molar-refractivity contribution is -0.806. The Hall–Kier alpha value is -2.65. The molecule has 10 heteroatoms. The van der Waals surface area contributed by atoms with Crippen molar-refractivity contribution in [3.05, 3.63) is 22.9 Å². The van der Waals surface area contributed by atoms with E-state index in [1.54, 1.807) is 6.92 Å². The van der Waals surface area contributed by atoms with Gasteiger partial charge in [0.1, 0.15) is 12.5 Å². The van der Waals surface area contributed by atoms with E-state index in [0.29, 0.717) is 11.4 Å². The fraction of sp³-hybridized carbons (Fsp3) is 0.167. The number of nitrogens with two attached hydrogens (primary N) is 1. The van der Waals surface area contributed by atoms with Crippen LogP contribution in [0.15, 0.2) is 16.1 Å². The van der Waals surface area contributed by atoms with Crippen molar-refractivity contribution in [2.45, 2.75) is 6.92 Å². The Balaban J connectivity index is 2.06. The number of aromatic nitrogens is 5. The molecule has 2 aromatic rings. The van der Waals surface area contributed by atoms with E-state index in [1.165, 1.54) is 12.5 Å². The van der Waals surface area contributed by atoms with E-state index >= 15 is 0 Å². The number of hydrogen-bond donors (Lipinski definition) is 2. The Morgan fingerprint density at radius 2 is 2.56 bits per heavy atom. The molecule has 0 bridgehead atoms. The fourth-order valence-corrected chi connectivity index (χ4v) is 0.893. The molecule has 0 saturated carbocycles. The molecule has 0 aromatic carbocycles. The Morgan fingerprint density at radius 1 is 1.75 bits per heavy atom. The fourth-order valence-electron chi connectivity index (χ4n) is 0.893. The molecule has 0 saturated heterocycles. The first-order chi connectivity index (χ1) is 7.68. The molecule has 0 atom stereocenters. The van der Waals surface area contributed by atoms with Gasteiger partial charge in [-0.3, -0.25) is 4.63 Å². The summed E-state index contributed by atoms with van der Waals surface area (Å²) in [5, 5.41) is 25.2. The third kappa shape index (κ3) is 1.75. The van der Waals surface area contributed by atoms with Crippen LogP contribution in [-0.2, 0) is 0 Å². The van der Waals surface area contributed by atoms with Gasteiger partial charge < -0.3 is 11.0 Å². The van der Waals surface area contributed by atoms with Crippen molar-refractivity contribution < 1.29 is 9.53 Å². The Labute approximate surface area is 88.9 Å². The third-order valence-corrected chi connectivity index (χ3v) is 1.78. The van der Waals surface area contributed by atoms with Crippen LogP contribution in [0.1, 0.15) is 11.4 Å². The van der Waals surface area contributed by atoms with Crippen molar-refractivity contribution in [3.63, 3.8) is 0 Å². The third-order valence-electron chi connectivity index (χ3n) is 1.78. The molecule has 10 nitrogen and oxygen atoms in total. The van der Waals surface area contributed by atoms with Crippen LogP contribution in [0.4, 0.5) is 5.95 Å². The normalized spacial score (nSPS) is 11.1. The zero-order chi connectivity index (χ0) is 11.5. The number of hydrazone groups is 1. The van der Waals surface area contributed by atoms with Gasteiger partial charge in [0.15, 0.2) is 0 Å². The maximum Gasteiger partial charge on any atom is 0.263 e. The maximum atomic E-state index is 10.8. The summed E-state index contributed by atoms with van der Waals surface area (Å²) in [5.74, 6) is 5.68. The van der Waals surface area contributed by atoms with Gasteiger partial charge in [-0.05, 0) is 4.90 Å². The summed E-state index contributed by atoms with van der Waals surface area (Å²) in [4.78, 5) is 0.285. The average Bonchev–Trinajstić information content (AvgIpc) is 2.80. The largest absolute Gasteiger partial charge is 0.359 e. The highest BCUT2D eigenvalue weighted by Crippen LogP contribution is 1.97. The SMILES string of the molecule is Cc1c(/C=N/Nc2nncn2N)no[n+]1[O-]. The van der Waals surface area contributed by atoms with Crippen LogP contribution >= 0.6 is 0 Å². The highest BCUT2D eigenvalue weighted by Gasteiger charge is 2.11. The number of rotatable bonds is 3. The first-order valence-corrected chi connectivity index (χ1v) is 4.19. The lowest BCUT2D eigenvalue weighted by Gasteiger charge is -1.95. The Kier molecular flexibility index (Phi) is 2.37.